The molecule has 1 saturated heterocycles. The Balaban J connectivity index is 1.84. The zero-order chi connectivity index (χ0) is 18.1. The molecule has 1 amide bonds. The van der Waals surface area contributed by atoms with E-state index in [-0.39, 0.29) is 24.4 Å². The molecule has 25 heavy (non-hydrogen) atoms. The molecular formula is C17H18F2N4O2. The molecule has 2 aromatic rings. The summed E-state index contributed by atoms with van der Waals surface area (Å²) in [6.07, 6.45) is -3.40. The molecule has 132 valence electrons. The maximum atomic E-state index is 13.3. The number of carbonyl (C=O) groups excluding carboxylic acids is 1. The zero-order valence-corrected chi connectivity index (χ0v) is 13.8. The Bertz CT molecular complexity index is 785. The van der Waals surface area contributed by atoms with E-state index < -0.39 is 18.3 Å². The number of likely N-dealkylation sites (tertiary alicyclic amines) is 1. The third kappa shape index (κ3) is 3.67. The average Bonchev–Trinajstić information content (AvgIpc) is 2.87. The van der Waals surface area contributed by atoms with Crippen molar-refractivity contribution in [3.63, 3.8) is 0 Å². The van der Waals surface area contributed by atoms with Gasteiger partial charge in [-0.25, -0.2) is 18.7 Å². The molecule has 0 bridgehead atoms. The van der Waals surface area contributed by atoms with E-state index in [1.165, 1.54) is 12.1 Å². The third-order valence-electron chi connectivity index (χ3n) is 3.93. The molecule has 0 aliphatic carbocycles. The summed E-state index contributed by atoms with van der Waals surface area (Å²) in [5.74, 6) is -0.518. The lowest BCUT2D eigenvalue weighted by Gasteiger charge is -2.16. The molecule has 0 saturated carbocycles. The first-order valence-corrected chi connectivity index (χ1v) is 7.83. The summed E-state index contributed by atoms with van der Waals surface area (Å²) in [5.41, 5.74) is 2.02. The second-order valence-corrected chi connectivity index (χ2v) is 6.07. The summed E-state index contributed by atoms with van der Waals surface area (Å²) in [4.78, 5) is 22.0. The minimum absolute atomic E-state index is 0.0318. The van der Waals surface area contributed by atoms with Crippen molar-refractivity contribution >= 4 is 17.5 Å². The predicted molar refractivity (Wildman–Crippen MR) is 88.6 cm³/mol. The topological polar surface area (TPSA) is 78.4 Å². The number of phenolic OH excluding ortho intramolecular Hbond substituents is 1. The van der Waals surface area contributed by atoms with E-state index in [9.17, 15) is 18.7 Å². The summed E-state index contributed by atoms with van der Waals surface area (Å²) >= 11 is 0. The van der Waals surface area contributed by atoms with Crippen molar-refractivity contribution < 1.29 is 18.7 Å². The van der Waals surface area contributed by atoms with Gasteiger partial charge in [0.05, 0.1) is 18.7 Å². The van der Waals surface area contributed by atoms with Gasteiger partial charge in [0.2, 0.25) is 5.95 Å². The number of hydrogen-bond acceptors (Lipinski definition) is 5. The lowest BCUT2D eigenvalue weighted by Crippen LogP contribution is -2.29. The average molecular weight is 348 g/mol. The van der Waals surface area contributed by atoms with E-state index in [0.29, 0.717) is 11.6 Å². The number of nitrogens with one attached hydrogen (secondary N) is 1. The molecule has 0 spiro atoms. The predicted octanol–water partition coefficient (Wildman–Crippen LogP) is 2.67. The van der Waals surface area contributed by atoms with Gasteiger partial charge in [-0.2, -0.15) is 0 Å². The molecule has 1 aromatic carbocycles. The zero-order valence-electron chi connectivity index (χ0n) is 13.8. The molecule has 0 unspecified atom stereocenters. The molecule has 1 aliphatic rings. The number of rotatable bonds is 3. The molecule has 8 heteroatoms. The van der Waals surface area contributed by atoms with Crippen molar-refractivity contribution in [2.75, 3.05) is 18.4 Å². The summed E-state index contributed by atoms with van der Waals surface area (Å²) in [6, 6.07) is 6.14. The second-order valence-electron chi connectivity index (χ2n) is 6.07. The number of benzene rings is 1. The highest BCUT2D eigenvalue weighted by molar-refractivity contribution is 5.98. The number of anilines is 2. The number of phenols is 1. The van der Waals surface area contributed by atoms with Crippen LogP contribution < -0.4 is 5.32 Å². The quantitative estimate of drug-likeness (QED) is 0.834. The highest BCUT2D eigenvalue weighted by atomic mass is 19.2. The number of hydrogen-bond donors (Lipinski definition) is 2. The Morgan fingerprint density at radius 1 is 1.16 bits per heavy atom. The van der Waals surface area contributed by atoms with Crippen LogP contribution in [0.15, 0.2) is 24.3 Å². The highest BCUT2D eigenvalue weighted by Crippen LogP contribution is 2.27. The van der Waals surface area contributed by atoms with Crippen LogP contribution in [0.5, 0.6) is 5.75 Å². The number of aromatic hydroxyl groups is 1. The SMILES string of the molecule is Cc1cc(C)nc(Nc2ccc(O)c(C(=O)N3C[C@@H](F)[C@@H](F)C3)c2)n1. The van der Waals surface area contributed by atoms with Crippen LogP contribution in [0, 0.1) is 13.8 Å². The molecule has 0 radical (unpaired) electrons. The summed E-state index contributed by atoms with van der Waals surface area (Å²) in [5, 5.41) is 12.9. The monoisotopic (exact) mass is 348 g/mol. The van der Waals surface area contributed by atoms with Crippen molar-refractivity contribution in [1.82, 2.24) is 14.9 Å². The standard InChI is InChI=1S/C17H18F2N4O2/c1-9-5-10(2)21-17(20-9)22-11-3-4-15(24)12(6-11)16(25)23-7-13(18)14(19)8-23/h3-6,13-14,24H,7-8H2,1-2H3,(H,20,21,22)/t13-,14+. The van der Waals surface area contributed by atoms with Gasteiger partial charge in [0.25, 0.3) is 5.91 Å². The van der Waals surface area contributed by atoms with E-state index >= 15 is 0 Å². The van der Waals surface area contributed by atoms with E-state index in [1.807, 2.05) is 19.9 Å². The molecule has 2 N–H and O–H groups in total. The number of amides is 1. The minimum Gasteiger partial charge on any atom is -0.507 e. The van der Waals surface area contributed by atoms with Crippen LogP contribution in [0.2, 0.25) is 0 Å². The maximum Gasteiger partial charge on any atom is 0.257 e. The summed E-state index contributed by atoms with van der Waals surface area (Å²) in [7, 11) is 0. The minimum atomic E-state index is -1.70. The van der Waals surface area contributed by atoms with Crippen LogP contribution in [0.3, 0.4) is 0 Å². The van der Waals surface area contributed by atoms with E-state index in [1.54, 1.807) is 6.07 Å². The van der Waals surface area contributed by atoms with Gasteiger partial charge >= 0.3 is 0 Å². The highest BCUT2D eigenvalue weighted by Gasteiger charge is 2.36. The Kier molecular flexibility index (Phi) is 4.52. The number of aromatic nitrogens is 2. The Morgan fingerprint density at radius 2 is 1.76 bits per heavy atom. The smallest absolute Gasteiger partial charge is 0.257 e. The molecular weight excluding hydrogens is 330 g/mol. The van der Waals surface area contributed by atoms with Crippen molar-refractivity contribution in [1.29, 1.82) is 0 Å². The number of nitrogens with zero attached hydrogens (tertiary/aromatic N) is 3. The van der Waals surface area contributed by atoms with Crippen molar-refractivity contribution in [2.45, 2.75) is 26.2 Å². The molecule has 1 aromatic heterocycles. The number of carbonyl (C=O) groups is 1. The lowest BCUT2D eigenvalue weighted by atomic mass is 10.1. The normalized spacial score (nSPS) is 19.9. The fourth-order valence-corrected chi connectivity index (χ4v) is 2.76. The first-order chi connectivity index (χ1) is 11.8. The van der Waals surface area contributed by atoms with Crippen molar-refractivity contribution in [3.05, 3.63) is 41.2 Å². The van der Waals surface area contributed by atoms with Crippen LogP contribution in [0.25, 0.3) is 0 Å². The molecule has 6 nitrogen and oxygen atoms in total. The Hall–Kier alpha value is -2.77. The van der Waals surface area contributed by atoms with Gasteiger partial charge in [0.15, 0.2) is 12.3 Å². The van der Waals surface area contributed by atoms with Gasteiger partial charge in [0.1, 0.15) is 5.75 Å². The van der Waals surface area contributed by atoms with Gasteiger partial charge in [0, 0.05) is 17.1 Å². The fourth-order valence-electron chi connectivity index (χ4n) is 2.76. The first kappa shape index (κ1) is 17.1. The van der Waals surface area contributed by atoms with E-state index in [0.717, 1.165) is 16.3 Å². The van der Waals surface area contributed by atoms with Gasteiger partial charge < -0.3 is 15.3 Å². The third-order valence-corrected chi connectivity index (χ3v) is 3.93. The van der Waals surface area contributed by atoms with Gasteiger partial charge in [-0.3, -0.25) is 4.79 Å². The largest absolute Gasteiger partial charge is 0.507 e. The number of halogens is 2. The van der Waals surface area contributed by atoms with Crippen LogP contribution in [-0.4, -0.2) is 51.3 Å². The van der Waals surface area contributed by atoms with Crippen LogP contribution >= 0.6 is 0 Å². The molecule has 2 heterocycles. The molecule has 1 fully saturated rings. The number of alkyl halides is 2. The van der Waals surface area contributed by atoms with Crippen LogP contribution in [0.4, 0.5) is 20.4 Å². The summed E-state index contributed by atoms with van der Waals surface area (Å²) < 4.78 is 26.7. The number of aryl methyl sites for hydroxylation is 2. The molecule has 1 aliphatic heterocycles. The lowest BCUT2D eigenvalue weighted by molar-refractivity contribution is 0.0776. The second kappa shape index (κ2) is 6.62. The summed E-state index contributed by atoms with van der Waals surface area (Å²) in [6.45, 7) is 3.02. The van der Waals surface area contributed by atoms with Crippen molar-refractivity contribution in [3.8, 4) is 5.75 Å². The van der Waals surface area contributed by atoms with Crippen molar-refractivity contribution in [2.24, 2.45) is 0 Å². The fraction of sp³-hybridized carbons (Fsp3) is 0.353. The van der Waals surface area contributed by atoms with Crippen LogP contribution in [0.1, 0.15) is 21.7 Å². The maximum absolute atomic E-state index is 13.3. The molecule has 2 atom stereocenters. The van der Waals surface area contributed by atoms with Gasteiger partial charge in [-0.15, -0.1) is 0 Å². The Morgan fingerprint density at radius 3 is 2.36 bits per heavy atom. The van der Waals surface area contributed by atoms with Gasteiger partial charge in [-0.05, 0) is 38.1 Å². The Labute approximate surface area is 143 Å². The van der Waals surface area contributed by atoms with Gasteiger partial charge in [-0.1, -0.05) is 0 Å². The first-order valence-electron chi connectivity index (χ1n) is 7.83. The van der Waals surface area contributed by atoms with Crippen LogP contribution in [-0.2, 0) is 0 Å². The van der Waals surface area contributed by atoms with E-state index in [2.05, 4.69) is 15.3 Å². The van der Waals surface area contributed by atoms with E-state index in [4.69, 9.17) is 0 Å². The molecule has 3 rings (SSSR count).